The van der Waals surface area contributed by atoms with E-state index < -0.39 is 0 Å². The second-order valence-corrected chi connectivity index (χ2v) is 6.23. The van der Waals surface area contributed by atoms with E-state index in [0.29, 0.717) is 29.2 Å². The van der Waals surface area contributed by atoms with Gasteiger partial charge in [0.2, 0.25) is 0 Å². The highest BCUT2D eigenvalue weighted by molar-refractivity contribution is 6.30. The van der Waals surface area contributed by atoms with Crippen LogP contribution in [0, 0.1) is 11.8 Å². The van der Waals surface area contributed by atoms with Gasteiger partial charge in [-0.15, -0.1) is 0 Å². The highest BCUT2D eigenvalue weighted by Gasteiger charge is 2.19. The Balaban J connectivity index is 2.06. The number of furan rings is 2. The topological polar surface area (TPSA) is 77.2 Å². The van der Waals surface area contributed by atoms with E-state index in [1.165, 1.54) is 0 Å². The lowest BCUT2D eigenvalue weighted by molar-refractivity contribution is 0.516. The Hall–Kier alpha value is -2.42. The van der Waals surface area contributed by atoms with Crippen LogP contribution < -0.4 is 11.1 Å². The second-order valence-electron chi connectivity index (χ2n) is 5.84. The van der Waals surface area contributed by atoms with Crippen LogP contribution in [0.1, 0.15) is 37.4 Å². The van der Waals surface area contributed by atoms with Crippen molar-refractivity contribution in [1.29, 1.82) is 0 Å². The Morgan fingerprint density at radius 3 is 2.96 bits per heavy atom. The minimum absolute atomic E-state index is 0.0438. The maximum absolute atomic E-state index is 6.22. The first-order chi connectivity index (χ1) is 12.1. The minimum Gasteiger partial charge on any atom is -0.467 e. The maximum atomic E-state index is 6.22. The third-order valence-electron chi connectivity index (χ3n) is 3.61. The van der Waals surface area contributed by atoms with Crippen molar-refractivity contribution in [3.63, 3.8) is 0 Å². The number of fused-ring (bicyclic) bond motifs is 1. The van der Waals surface area contributed by atoms with Crippen LogP contribution in [0.3, 0.4) is 0 Å². The normalized spacial score (nSPS) is 12.0. The summed E-state index contributed by atoms with van der Waals surface area (Å²) < 4.78 is 11.4. The molecular weight excluding hydrogens is 338 g/mol. The molecule has 0 saturated heterocycles. The molecule has 3 heterocycles. The number of pyridine rings is 1. The monoisotopic (exact) mass is 357 g/mol. The van der Waals surface area contributed by atoms with E-state index in [1.54, 1.807) is 12.3 Å². The first-order valence-corrected chi connectivity index (χ1v) is 8.59. The number of halogens is 1. The predicted molar refractivity (Wildman–Crippen MR) is 99.6 cm³/mol. The van der Waals surface area contributed by atoms with Gasteiger partial charge in [-0.3, -0.25) is 0 Å². The van der Waals surface area contributed by atoms with Crippen LogP contribution in [0.4, 0.5) is 5.69 Å². The van der Waals surface area contributed by atoms with E-state index >= 15 is 0 Å². The zero-order valence-electron chi connectivity index (χ0n) is 14.2. The molecule has 0 amide bonds. The predicted octanol–water partition coefficient (Wildman–Crippen LogP) is 4.34. The van der Waals surface area contributed by atoms with E-state index in [0.717, 1.165) is 29.2 Å². The van der Waals surface area contributed by atoms with Gasteiger partial charge in [-0.25, -0.2) is 4.98 Å². The maximum Gasteiger partial charge on any atom is 0.177 e. The first kappa shape index (κ1) is 17.4. The lowest BCUT2D eigenvalue weighted by Gasteiger charge is -2.05. The van der Waals surface area contributed by atoms with E-state index in [2.05, 4.69) is 22.1 Å². The van der Waals surface area contributed by atoms with Crippen LogP contribution in [0.15, 0.2) is 33.3 Å². The summed E-state index contributed by atoms with van der Waals surface area (Å²) in [7, 11) is 0. The molecular formula is C19H20ClN3O2. The largest absolute Gasteiger partial charge is 0.467 e. The Labute approximate surface area is 151 Å². The van der Waals surface area contributed by atoms with Gasteiger partial charge < -0.3 is 19.9 Å². The van der Waals surface area contributed by atoms with Crippen molar-refractivity contribution in [3.05, 3.63) is 46.7 Å². The first-order valence-electron chi connectivity index (χ1n) is 8.21. The SMILES string of the molecule is CCC#Cc1c(C[C@H](C)N)oc2c(NCc3ccco3)cc(Cl)nc12. The third-order valence-corrected chi connectivity index (χ3v) is 3.81. The van der Waals surface area contributed by atoms with Crippen LogP contribution in [0.25, 0.3) is 11.1 Å². The number of aromatic nitrogens is 1. The van der Waals surface area contributed by atoms with Crippen LogP contribution >= 0.6 is 11.6 Å². The molecule has 0 unspecified atom stereocenters. The van der Waals surface area contributed by atoms with Crippen LogP contribution in [-0.2, 0) is 13.0 Å². The molecule has 0 saturated carbocycles. The van der Waals surface area contributed by atoms with Gasteiger partial charge in [0.25, 0.3) is 0 Å². The molecule has 0 aromatic carbocycles. The minimum atomic E-state index is -0.0438. The van der Waals surface area contributed by atoms with Crippen molar-refractivity contribution in [3.8, 4) is 11.8 Å². The average Bonchev–Trinajstić information content (AvgIpc) is 3.18. The van der Waals surface area contributed by atoms with E-state index in [4.69, 9.17) is 26.2 Å². The molecule has 0 fully saturated rings. The second kappa shape index (κ2) is 7.64. The summed E-state index contributed by atoms with van der Waals surface area (Å²) in [5.74, 6) is 7.78. The third kappa shape index (κ3) is 3.98. The van der Waals surface area contributed by atoms with E-state index in [-0.39, 0.29) is 6.04 Å². The fraction of sp³-hybridized carbons (Fsp3) is 0.316. The van der Waals surface area contributed by atoms with Crippen molar-refractivity contribution in [2.45, 2.75) is 39.3 Å². The fourth-order valence-corrected chi connectivity index (χ4v) is 2.74. The van der Waals surface area contributed by atoms with Gasteiger partial charge in [-0.2, -0.15) is 0 Å². The summed E-state index contributed by atoms with van der Waals surface area (Å²) >= 11 is 6.22. The van der Waals surface area contributed by atoms with Crippen molar-refractivity contribution < 1.29 is 8.83 Å². The van der Waals surface area contributed by atoms with Crippen molar-refractivity contribution in [2.24, 2.45) is 5.73 Å². The molecule has 1 atom stereocenters. The summed E-state index contributed by atoms with van der Waals surface area (Å²) in [6.45, 7) is 4.44. The molecule has 0 bridgehead atoms. The summed E-state index contributed by atoms with van der Waals surface area (Å²) in [5.41, 5.74) is 8.76. The Morgan fingerprint density at radius 2 is 2.28 bits per heavy atom. The number of nitrogens with one attached hydrogen (secondary N) is 1. The van der Waals surface area contributed by atoms with E-state index in [1.807, 2.05) is 26.0 Å². The molecule has 5 nitrogen and oxygen atoms in total. The number of rotatable bonds is 5. The Kier molecular flexibility index (Phi) is 5.32. The van der Waals surface area contributed by atoms with Crippen molar-refractivity contribution in [2.75, 3.05) is 5.32 Å². The van der Waals surface area contributed by atoms with E-state index in [9.17, 15) is 0 Å². The Morgan fingerprint density at radius 1 is 1.44 bits per heavy atom. The van der Waals surface area contributed by atoms with Gasteiger partial charge in [0.1, 0.15) is 22.2 Å². The summed E-state index contributed by atoms with van der Waals surface area (Å²) in [6.07, 6.45) is 2.96. The molecule has 3 rings (SSSR count). The highest BCUT2D eigenvalue weighted by atomic mass is 35.5. The number of anilines is 1. The zero-order chi connectivity index (χ0) is 17.8. The van der Waals surface area contributed by atoms with Gasteiger partial charge in [0.15, 0.2) is 5.58 Å². The smallest absolute Gasteiger partial charge is 0.177 e. The number of hydrogen-bond acceptors (Lipinski definition) is 5. The van der Waals surface area contributed by atoms with Gasteiger partial charge in [0, 0.05) is 24.9 Å². The molecule has 6 heteroatoms. The molecule has 3 aromatic heterocycles. The number of hydrogen-bond donors (Lipinski definition) is 2. The average molecular weight is 358 g/mol. The van der Waals surface area contributed by atoms with Gasteiger partial charge in [-0.05, 0) is 19.1 Å². The Bertz CT molecular complexity index is 918. The summed E-state index contributed by atoms with van der Waals surface area (Å²) in [5, 5.41) is 3.67. The molecule has 0 spiro atoms. The van der Waals surface area contributed by atoms with Gasteiger partial charge in [-0.1, -0.05) is 30.4 Å². The van der Waals surface area contributed by atoms with Crippen LogP contribution in [-0.4, -0.2) is 11.0 Å². The number of nitrogens with zero attached hydrogens (tertiary/aromatic N) is 1. The molecule has 0 radical (unpaired) electrons. The van der Waals surface area contributed by atoms with Crippen LogP contribution in [0.2, 0.25) is 5.15 Å². The molecule has 3 N–H and O–H groups in total. The number of nitrogens with two attached hydrogens (primary N) is 1. The molecule has 25 heavy (non-hydrogen) atoms. The quantitative estimate of drug-likeness (QED) is 0.524. The van der Waals surface area contributed by atoms with Crippen molar-refractivity contribution in [1.82, 2.24) is 4.98 Å². The fourth-order valence-electron chi connectivity index (χ4n) is 2.55. The van der Waals surface area contributed by atoms with Gasteiger partial charge in [0.05, 0.1) is 24.1 Å². The zero-order valence-corrected chi connectivity index (χ0v) is 15.0. The van der Waals surface area contributed by atoms with Crippen LogP contribution in [0.5, 0.6) is 0 Å². The highest BCUT2D eigenvalue weighted by Crippen LogP contribution is 2.32. The lowest BCUT2D eigenvalue weighted by Crippen LogP contribution is -2.17. The standard InChI is InChI=1S/C19H20ClN3O2/c1-3-4-7-14-16(9-12(2)21)25-19-15(10-17(20)23-18(14)19)22-11-13-6-5-8-24-13/h5-6,8,10,12H,3,9,11,21H2,1-2H3,(H,22,23)/t12-/m0/s1. The molecule has 0 aliphatic heterocycles. The van der Waals surface area contributed by atoms with Crippen molar-refractivity contribution >= 4 is 28.4 Å². The summed E-state index contributed by atoms with van der Waals surface area (Å²) in [4.78, 5) is 4.43. The molecule has 0 aliphatic carbocycles. The molecule has 0 aliphatic rings. The molecule has 130 valence electrons. The molecule has 3 aromatic rings. The summed E-state index contributed by atoms with van der Waals surface area (Å²) in [6, 6.07) is 5.44. The lowest BCUT2D eigenvalue weighted by atomic mass is 10.1. The van der Waals surface area contributed by atoms with Gasteiger partial charge >= 0.3 is 0 Å².